The number of nitrogens with zero attached hydrogens (tertiary/aromatic N) is 2. The first-order chi connectivity index (χ1) is 20.0. The molecule has 1 heterocycles. The minimum Gasteiger partial charge on any atom is -0.487 e. The van der Waals surface area contributed by atoms with Crippen LogP contribution in [-0.4, -0.2) is 60.4 Å². The van der Waals surface area contributed by atoms with Gasteiger partial charge in [-0.25, -0.2) is 23.9 Å². The Kier molecular flexibility index (Phi) is 10.8. The zero-order valence-corrected chi connectivity index (χ0v) is 22.3. The van der Waals surface area contributed by atoms with Crippen molar-refractivity contribution in [1.29, 1.82) is 0 Å². The third-order valence-corrected chi connectivity index (χ3v) is 5.67. The molecule has 218 valence electrons. The largest absolute Gasteiger partial charge is 0.487 e. The normalized spacial score (nSPS) is 11.8. The number of carboxylic acid groups (broad SMARTS) is 2. The van der Waals surface area contributed by atoms with Crippen LogP contribution >= 0.6 is 11.6 Å². The van der Waals surface area contributed by atoms with Crippen LogP contribution in [-0.2, 0) is 21.0 Å². The van der Waals surface area contributed by atoms with Gasteiger partial charge in [0.05, 0.1) is 10.5 Å². The van der Waals surface area contributed by atoms with Crippen LogP contribution in [0, 0.1) is 5.82 Å². The van der Waals surface area contributed by atoms with Crippen molar-refractivity contribution in [2.24, 2.45) is 0 Å². The van der Waals surface area contributed by atoms with E-state index in [9.17, 15) is 18.8 Å². The van der Waals surface area contributed by atoms with Crippen molar-refractivity contribution in [1.82, 2.24) is 9.97 Å². The van der Waals surface area contributed by atoms with Crippen molar-refractivity contribution < 1.29 is 43.9 Å². The highest BCUT2D eigenvalue weighted by atomic mass is 35.5. The number of nitrogens with one attached hydrogen (secondary N) is 2. The molecular formula is C28H24ClFN4O8. The molecule has 1 aromatic heterocycles. The molecule has 0 saturated heterocycles. The highest BCUT2D eigenvalue weighted by Crippen LogP contribution is 2.31. The molecule has 0 spiro atoms. The maximum absolute atomic E-state index is 13.3. The van der Waals surface area contributed by atoms with Gasteiger partial charge < -0.3 is 35.8 Å². The average molecular weight is 599 g/mol. The van der Waals surface area contributed by atoms with Gasteiger partial charge in [-0.2, -0.15) is 0 Å². The first kappa shape index (κ1) is 31.4. The molecule has 0 saturated carbocycles. The number of carboxylic acids is 2. The molecule has 1 amide bonds. The smallest absolute Gasteiger partial charge is 0.335 e. The minimum atomic E-state index is -2.27. The van der Waals surface area contributed by atoms with Gasteiger partial charge in [0.25, 0.3) is 0 Å². The lowest BCUT2D eigenvalue weighted by Gasteiger charge is -2.12. The van der Waals surface area contributed by atoms with Crippen LogP contribution in [0.1, 0.15) is 5.56 Å². The summed E-state index contributed by atoms with van der Waals surface area (Å²) in [5, 5.41) is 39.6. The number of hydrogen-bond donors (Lipinski definition) is 6. The van der Waals surface area contributed by atoms with Crippen molar-refractivity contribution in [2.45, 2.75) is 18.8 Å². The van der Waals surface area contributed by atoms with E-state index in [1.54, 1.807) is 48.5 Å². The van der Waals surface area contributed by atoms with Crippen LogP contribution in [0.2, 0.25) is 5.02 Å². The van der Waals surface area contributed by atoms with E-state index in [-0.39, 0.29) is 18.3 Å². The standard InChI is InChI=1S/C24H18ClFN4O2.C4H6O6/c1-2-23(31)29-17-6-8-21-19(11-17)24(28-14-27-21)30-18-7-9-22(20(25)12-18)32-13-15-4-3-5-16(26)10-15;5-1(3(7)8)2(6)4(9)10/h2-12,14H,1,13H2,(H,29,31)(H,27,28,30);1-2,5-6H,(H,7,8)(H,9,10). The van der Waals surface area contributed by atoms with Crippen LogP contribution in [0.4, 0.5) is 21.6 Å². The van der Waals surface area contributed by atoms with E-state index in [4.69, 9.17) is 36.8 Å². The second-order valence-electron chi connectivity index (χ2n) is 8.40. The van der Waals surface area contributed by atoms with E-state index >= 15 is 0 Å². The number of hydrogen-bond acceptors (Lipinski definition) is 9. The molecular weight excluding hydrogens is 575 g/mol. The number of fused-ring (bicyclic) bond motifs is 1. The predicted octanol–water partition coefficient (Wildman–Crippen LogP) is 3.75. The summed E-state index contributed by atoms with van der Waals surface area (Å²) in [4.78, 5) is 39.7. The molecule has 6 N–H and O–H groups in total. The zero-order chi connectivity index (χ0) is 30.8. The van der Waals surface area contributed by atoms with Crippen LogP contribution in [0.25, 0.3) is 10.9 Å². The highest BCUT2D eigenvalue weighted by molar-refractivity contribution is 6.32. The SMILES string of the molecule is C=CC(=O)Nc1ccc2ncnc(Nc3ccc(OCc4cccc(F)c4)c(Cl)c3)c2c1.O=C(O)C(O)C(O)C(=O)O. The number of carbonyl (C=O) groups is 3. The Morgan fingerprint density at radius 2 is 1.67 bits per heavy atom. The fourth-order valence-corrected chi connectivity index (χ4v) is 3.55. The first-order valence-corrected chi connectivity index (χ1v) is 12.3. The fourth-order valence-electron chi connectivity index (χ4n) is 3.32. The lowest BCUT2D eigenvalue weighted by atomic mass is 10.2. The van der Waals surface area contributed by atoms with Crippen molar-refractivity contribution in [2.75, 3.05) is 10.6 Å². The number of rotatable bonds is 10. The number of halogens is 2. The number of aromatic nitrogens is 2. The molecule has 0 radical (unpaired) electrons. The van der Waals surface area contributed by atoms with E-state index in [2.05, 4.69) is 27.2 Å². The number of benzene rings is 3. The Morgan fingerprint density at radius 3 is 2.29 bits per heavy atom. The Balaban J connectivity index is 0.000000416. The second kappa shape index (κ2) is 14.5. The van der Waals surface area contributed by atoms with Gasteiger partial charge in [-0.3, -0.25) is 4.79 Å². The zero-order valence-electron chi connectivity index (χ0n) is 21.6. The lowest BCUT2D eigenvalue weighted by molar-refractivity contribution is -0.165. The van der Waals surface area contributed by atoms with Gasteiger partial charge in [0.1, 0.15) is 30.3 Å². The molecule has 0 bridgehead atoms. The lowest BCUT2D eigenvalue weighted by Crippen LogP contribution is -2.39. The van der Waals surface area contributed by atoms with Gasteiger partial charge >= 0.3 is 11.9 Å². The summed E-state index contributed by atoms with van der Waals surface area (Å²) in [5.74, 6) is -3.14. The molecule has 0 fully saturated rings. The summed E-state index contributed by atoms with van der Waals surface area (Å²) in [6.07, 6.45) is -1.88. The molecule has 0 aliphatic heterocycles. The molecule has 2 atom stereocenters. The molecule has 4 rings (SSSR count). The molecule has 3 aromatic carbocycles. The Morgan fingerprint density at radius 1 is 0.976 bits per heavy atom. The third-order valence-electron chi connectivity index (χ3n) is 5.37. The van der Waals surface area contributed by atoms with Crippen molar-refractivity contribution in [3.8, 4) is 5.75 Å². The van der Waals surface area contributed by atoms with Gasteiger partial charge in [-0.15, -0.1) is 0 Å². The Labute approximate surface area is 242 Å². The number of amides is 1. The van der Waals surface area contributed by atoms with Gasteiger partial charge in [0, 0.05) is 16.8 Å². The average Bonchev–Trinajstić information content (AvgIpc) is 2.96. The van der Waals surface area contributed by atoms with Crippen molar-refractivity contribution >= 4 is 57.5 Å². The summed E-state index contributed by atoms with van der Waals surface area (Å²) in [7, 11) is 0. The van der Waals surface area contributed by atoms with Gasteiger partial charge in [0.2, 0.25) is 5.91 Å². The molecule has 14 heteroatoms. The maximum Gasteiger partial charge on any atom is 0.335 e. The quantitative estimate of drug-likeness (QED) is 0.146. The Bertz CT molecular complexity index is 1600. The van der Waals surface area contributed by atoms with E-state index in [1.807, 2.05) is 0 Å². The van der Waals surface area contributed by atoms with E-state index in [0.29, 0.717) is 39.0 Å². The van der Waals surface area contributed by atoms with Gasteiger partial charge in [0.15, 0.2) is 12.2 Å². The molecule has 2 unspecified atom stereocenters. The number of aliphatic hydroxyl groups is 2. The summed E-state index contributed by atoms with van der Waals surface area (Å²) < 4.78 is 19.0. The maximum atomic E-state index is 13.3. The van der Waals surface area contributed by atoms with Crippen LogP contribution in [0.5, 0.6) is 5.75 Å². The number of carbonyl (C=O) groups excluding carboxylic acids is 1. The number of aliphatic carboxylic acids is 2. The summed E-state index contributed by atoms with van der Waals surface area (Å²) in [6, 6.07) is 16.7. The fraction of sp³-hybridized carbons (Fsp3) is 0.107. The summed E-state index contributed by atoms with van der Waals surface area (Å²) >= 11 is 6.38. The number of anilines is 3. The van der Waals surface area contributed by atoms with Crippen LogP contribution < -0.4 is 15.4 Å². The van der Waals surface area contributed by atoms with E-state index < -0.39 is 24.1 Å². The van der Waals surface area contributed by atoms with Crippen LogP contribution in [0.15, 0.2) is 79.6 Å². The summed E-state index contributed by atoms with van der Waals surface area (Å²) in [6.45, 7) is 3.65. The summed E-state index contributed by atoms with van der Waals surface area (Å²) in [5.41, 5.74) is 2.70. The topological polar surface area (TPSA) is 191 Å². The highest BCUT2D eigenvalue weighted by Gasteiger charge is 2.29. The monoisotopic (exact) mass is 598 g/mol. The Hall–Kier alpha value is -5.11. The van der Waals surface area contributed by atoms with Crippen molar-refractivity contribution in [3.63, 3.8) is 0 Å². The third kappa shape index (κ3) is 8.69. The minimum absolute atomic E-state index is 0.194. The van der Waals surface area contributed by atoms with Gasteiger partial charge in [-0.05, 0) is 60.2 Å². The molecule has 4 aromatic rings. The van der Waals surface area contributed by atoms with Gasteiger partial charge in [-0.1, -0.05) is 30.3 Å². The van der Waals surface area contributed by atoms with E-state index in [0.717, 1.165) is 5.39 Å². The van der Waals surface area contributed by atoms with E-state index in [1.165, 1.54) is 24.5 Å². The van der Waals surface area contributed by atoms with Crippen molar-refractivity contribution in [3.05, 3.63) is 96.0 Å². The second-order valence-corrected chi connectivity index (χ2v) is 8.81. The number of aliphatic hydroxyl groups excluding tert-OH is 2. The molecule has 0 aliphatic rings. The molecule has 42 heavy (non-hydrogen) atoms. The molecule has 0 aliphatic carbocycles. The van der Waals surface area contributed by atoms with Crippen LogP contribution in [0.3, 0.4) is 0 Å². The molecule has 12 nitrogen and oxygen atoms in total. The predicted molar refractivity (Wildman–Crippen MR) is 151 cm³/mol. The number of ether oxygens (including phenoxy) is 1. The first-order valence-electron chi connectivity index (χ1n) is 11.9.